The van der Waals surface area contributed by atoms with Gasteiger partial charge in [-0.25, -0.2) is 4.68 Å². The number of aromatic nitrogens is 2. The number of hydrogen-bond acceptors (Lipinski definition) is 3. The summed E-state index contributed by atoms with van der Waals surface area (Å²) >= 11 is 0. The molecule has 0 N–H and O–H groups in total. The molecular formula is C12H12N2O2. The van der Waals surface area contributed by atoms with Crippen molar-refractivity contribution in [3.8, 4) is 0 Å². The van der Waals surface area contributed by atoms with Crippen molar-refractivity contribution in [1.29, 1.82) is 0 Å². The van der Waals surface area contributed by atoms with E-state index in [0.717, 1.165) is 11.4 Å². The van der Waals surface area contributed by atoms with E-state index in [9.17, 15) is 4.79 Å². The Morgan fingerprint density at radius 2 is 2.31 bits per heavy atom. The van der Waals surface area contributed by atoms with E-state index in [-0.39, 0.29) is 5.91 Å². The third-order valence-corrected chi connectivity index (χ3v) is 2.15. The summed E-state index contributed by atoms with van der Waals surface area (Å²) in [4.78, 5) is 11.7. The average molecular weight is 216 g/mol. The van der Waals surface area contributed by atoms with Crippen molar-refractivity contribution in [3.63, 3.8) is 0 Å². The number of carbonyl (C=O) groups excluding carboxylic acids is 1. The summed E-state index contributed by atoms with van der Waals surface area (Å²) in [5.41, 5.74) is 1.66. The van der Waals surface area contributed by atoms with Crippen LogP contribution in [0.25, 0.3) is 6.08 Å². The summed E-state index contributed by atoms with van der Waals surface area (Å²) in [6.07, 6.45) is 4.63. The molecule has 0 aromatic carbocycles. The predicted molar refractivity (Wildman–Crippen MR) is 60.1 cm³/mol. The van der Waals surface area contributed by atoms with Crippen molar-refractivity contribution in [1.82, 2.24) is 9.78 Å². The van der Waals surface area contributed by atoms with Crippen LogP contribution in [0.2, 0.25) is 0 Å². The molecule has 0 amide bonds. The normalized spacial score (nSPS) is 11.1. The molecule has 0 radical (unpaired) electrons. The average Bonchev–Trinajstić information content (AvgIpc) is 2.84. The molecule has 0 saturated carbocycles. The Kier molecular flexibility index (Phi) is 2.72. The van der Waals surface area contributed by atoms with Crippen LogP contribution < -0.4 is 0 Å². The summed E-state index contributed by atoms with van der Waals surface area (Å²) < 4.78 is 6.46. The largest absolute Gasteiger partial charge is 0.465 e. The lowest BCUT2D eigenvalue weighted by atomic mass is 10.3. The van der Waals surface area contributed by atoms with Gasteiger partial charge in [0, 0.05) is 11.8 Å². The summed E-state index contributed by atoms with van der Waals surface area (Å²) in [7, 11) is 0. The minimum Gasteiger partial charge on any atom is -0.465 e. The van der Waals surface area contributed by atoms with Crippen LogP contribution in [0.15, 0.2) is 35.0 Å². The zero-order chi connectivity index (χ0) is 11.5. The number of rotatable bonds is 2. The molecule has 0 spiro atoms. The third-order valence-electron chi connectivity index (χ3n) is 2.15. The number of carbonyl (C=O) groups is 1. The molecule has 0 bridgehead atoms. The van der Waals surface area contributed by atoms with E-state index in [1.165, 1.54) is 10.8 Å². The Morgan fingerprint density at radius 3 is 2.88 bits per heavy atom. The number of nitrogens with zero attached hydrogens (tertiary/aromatic N) is 2. The molecule has 0 aliphatic heterocycles. The van der Waals surface area contributed by atoms with Gasteiger partial charge in [-0.1, -0.05) is 0 Å². The van der Waals surface area contributed by atoms with Gasteiger partial charge in [0.2, 0.25) is 0 Å². The monoisotopic (exact) mass is 216 g/mol. The zero-order valence-electron chi connectivity index (χ0n) is 9.18. The molecule has 0 fully saturated rings. The van der Waals surface area contributed by atoms with Crippen LogP contribution in [0.3, 0.4) is 0 Å². The highest BCUT2D eigenvalue weighted by Crippen LogP contribution is 2.05. The first kappa shape index (κ1) is 10.4. The molecule has 2 rings (SSSR count). The molecule has 0 aliphatic rings. The van der Waals surface area contributed by atoms with Crippen molar-refractivity contribution < 1.29 is 9.21 Å². The van der Waals surface area contributed by atoms with Crippen molar-refractivity contribution in [2.45, 2.75) is 13.8 Å². The van der Waals surface area contributed by atoms with E-state index in [1.54, 1.807) is 24.5 Å². The molecule has 0 saturated heterocycles. The van der Waals surface area contributed by atoms with E-state index in [1.807, 2.05) is 19.9 Å². The third kappa shape index (κ3) is 2.11. The highest BCUT2D eigenvalue weighted by Gasteiger charge is 2.06. The van der Waals surface area contributed by atoms with Crippen LogP contribution >= 0.6 is 0 Å². The number of furan rings is 1. The highest BCUT2D eigenvalue weighted by molar-refractivity contribution is 5.93. The Hall–Kier alpha value is -2.10. The quantitative estimate of drug-likeness (QED) is 0.724. The Labute approximate surface area is 93.2 Å². The standard InChI is InChI=1S/C12H12N2O2/c1-9-8-10(2)14(13-9)12(15)6-5-11-4-3-7-16-11/h3-8H,1-2H3/b6-5-. The first-order valence-electron chi connectivity index (χ1n) is 4.96. The Morgan fingerprint density at radius 1 is 1.50 bits per heavy atom. The van der Waals surface area contributed by atoms with E-state index < -0.39 is 0 Å². The molecule has 2 aromatic heterocycles. The molecule has 0 unspecified atom stereocenters. The van der Waals surface area contributed by atoms with Gasteiger partial charge in [0.1, 0.15) is 5.76 Å². The van der Waals surface area contributed by atoms with Crippen LogP contribution in [-0.4, -0.2) is 15.7 Å². The van der Waals surface area contributed by atoms with Crippen LogP contribution in [0.1, 0.15) is 21.9 Å². The lowest BCUT2D eigenvalue weighted by Crippen LogP contribution is -2.10. The van der Waals surface area contributed by atoms with E-state index in [4.69, 9.17) is 4.42 Å². The highest BCUT2D eigenvalue weighted by atomic mass is 16.3. The van der Waals surface area contributed by atoms with Crippen molar-refractivity contribution in [2.75, 3.05) is 0 Å². The Bertz CT molecular complexity index is 521. The summed E-state index contributed by atoms with van der Waals surface area (Å²) in [5.74, 6) is 0.469. The van der Waals surface area contributed by atoms with Gasteiger partial charge in [-0.3, -0.25) is 4.79 Å². The first-order chi connectivity index (χ1) is 7.66. The molecule has 2 aromatic rings. The maximum Gasteiger partial charge on any atom is 0.271 e. The van der Waals surface area contributed by atoms with Gasteiger partial charge in [-0.15, -0.1) is 0 Å². The molecule has 0 aliphatic carbocycles. The molecule has 4 nitrogen and oxygen atoms in total. The van der Waals surface area contributed by atoms with Crippen LogP contribution in [0.5, 0.6) is 0 Å². The smallest absolute Gasteiger partial charge is 0.271 e. The lowest BCUT2D eigenvalue weighted by Gasteiger charge is -1.96. The van der Waals surface area contributed by atoms with Gasteiger partial charge in [0.15, 0.2) is 0 Å². The maximum atomic E-state index is 11.7. The van der Waals surface area contributed by atoms with Gasteiger partial charge in [-0.2, -0.15) is 5.10 Å². The lowest BCUT2D eigenvalue weighted by molar-refractivity contribution is 0.0952. The second-order valence-corrected chi connectivity index (χ2v) is 3.53. The molecule has 2 heterocycles. The maximum absolute atomic E-state index is 11.7. The summed E-state index contributed by atoms with van der Waals surface area (Å²) in [5, 5.41) is 4.10. The van der Waals surface area contributed by atoms with Crippen molar-refractivity contribution in [3.05, 3.63) is 47.7 Å². The molecular weight excluding hydrogens is 204 g/mol. The fourth-order valence-electron chi connectivity index (χ4n) is 1.46. The Balaban J connectivity index is 2.17. The fraction of sp³-hybridized carbons (Fsp3) is 0.167. The predicted octanol–water partition coefficient (Wildman–Crippen LogP) is 2.45. The minimum atomic E-state index is -0.179. The number of hydrogen-bond donors (Lipinski definition) is 0. The van der Waals surface area contributed by atoms with Crippen molar-refractivity contribution in [2.24, 2.45) is 0 Å². The number of aryl methyl sites for hydroxylation is 2. The SMILES string of the molecule is Cc1cc(C)n(C(=O)/C=C\c2ccco2)n1. The molecule has 0 atom stereocenters. The van der Waals surface area contributed by atoms with Crippen molar-refractivity contribution >= 4 is 12.0 Å². The fourth-order valence-corrected chi connectivity index (χ4v) is 1.46. The minimum absolute atomic E-state index is 0.179. The van der Waals surface area contributed by atoms with E-state index in [2.05, 4.69) is 5.10 Å². The summed E-state index contributed by atoms with van der Waals surface area (Å²) in [6.45, 7) is 3.70. The van der Waals surface area contributed by atoms with Gasteiger partial charge in [0.05, 0.1) is 12.0 Å². The molecule has 16 heavy (non-hydrogen) atoms. The van der Waals surface area contributed by atoms with Gasteiger partial charge in [0.25, 0.3) is 5.91 Å². The first-order valence-corrected chi connectivity index (χ1v) is 4.96. The second-order valence-electron chi connectivity index (χ2n) is 3.53. The van der Waals surface area contributed by atoms with Crippen LogP contribution in [0.4, 0.5) is 0 Å². The summed E-state index contributed by atoms with van der Waals surface area (Å²) in [6, 6.07) is 5.41. The molecule has 4 heteroatoms. The molecule has 82 valence electrons. The van der Waals surface area contributed by atoms with Crippen LogP contribution in [0, 0.1) is 13.8 Å². The number of allylic oxidation sites excluding steroid dienone is 1. The van der Waals surface area contributed by atoms with Gasteiger partial charge < -0.3 is 4.42 Å². The van der Waals surface area contributed by atoms with Gasteiger partial charge >= 0.3 is 0 Å². The van der Waals surface area contributed by atoms with E-state index in [0.29, 0.717) is 5.76 Å². The van der Waals surface area contributed by atoms with Gasteiger partial charge in [-0.05, 0) is 38.1 Å². The topological polar surface area (TPSA) is 48.0 Å². The van der Waals surface area contributed by atoms with E-state index >= 15 is 0 Å². The van der Waals surface area contributed by atoms with Crippen LogP contribution in [-0.2, 0) is 0 Å². The second kappa shape index (κ2) is 4.18. The zero-order valence-corrected chi connectivity index (χ0v) is 9.18.